The summed E-state index contributed by atoms with van der Waals surface area (Å²) in [7, 11) is 0. The van der Waals surface area contributed by atoms with Crippen molar-refractivity contribution in [2.24, 2.45) is 0 Å². The van der Waals surface area contributed by atoms with Crippen LogP contribution in [0.3, 0.4) is 0 Å². The third-order valence-electron chi connectivity index (χ3n) is 2.93. The van der Waals surface area contributed by atoms with Gasteiger partial charge in [0.1, 0.15) is 6.04 Å². The Morgan fingerprint density at radius 2 is 2.10 bits per heavy atom. The summed E-state index contributed by atoms with van der Waals surface area (Å²) in [6, 6.07) is 3.70. The Bertz CT molecular complexity index is 508. The highest BCUT2D eigenvalue weighted by Gasteiger charge is 2.16. The van der Waals surface area contributed by atoms with E-state index in [4.69, 9.17) is 11.6 Å². The van der Waals surface area contributed by atoms with Crippen LogP contribution >= 0.6 is 11.6 Å². The van der Waals surface area contributed by atoms with Gasteiger partial charge in [0.2, 0.25) is 5.91 Å². The number of nitro groups is 1. The molecule has 1 aromatic carbocycles. The monoisotopic (exact) mass is 299 g/mol. The molecule has 7 heteroatoms. The predicted octanol–water partition coefficient (Wildman–Crippen LogP) is 2.96. The summed E-state index contributed by atoms with van der Waals surface area (Å²) >= 11 is 5.96. The van der Waals surface area contributed by atoms with Gasteiger partial charge in [0, 0.05) is 18.2 Å². The molecule has 1 aromatic rings. The summed E-state index contributed by atoms with van der Waals surface area (Å²) in [6.07, 6.45) is 0.844. The summed E-state index contributed by atoms with van der Waals surface area (Å²) < 4.78 is 0. The fraction of sp³-hybridized carbons (Fsp3) is 0.462. The smallest absolute Gasteiger partial charge is 0.271 e. The van der Waals surface area contributed by atoms with E-state index in [1.807, 2.05) is 13.8 Å². The number of benzene rings is 1. The Kier molecular flexibility index (Phi) is 5.76. The van der Waals surface area contributed by atoms with E-state index in [9.17, 15) is 14.9 Å². The number of nitrogens with one attached hydrogen (secondary N) is 2. The molecular formula is C13H18ClN3O3. The first-order chi connectivity index (χ1) is 9.35. The third kappa shape index (κ3) is 4.38. The molecule has 2 atom stereocenters. The molecule has 0 aliphatic carbocycles. The van der Waals surface area contributed by atoms with Crippen LogP contribution in [0.15, 0.2) is 18.2 Å². The molecule has 1 rings (SSSR count). The average molecular weight is 300 g/mol. The van der Waals surface area contributed by atoms with E-state index in [0.717, 1.165) is 6.42 Å². The molecule has 0 radical (unpaired) electrons. The zero-order chi connectivity index (χ0) is 15.3. The van der Waals surface area contributed by atoms with E-state index in [0.29, 0.717) is 5.69 Å². The number of non-ortho nitro benzene ring substituents is 1. The first-order valence-electron chi connectivity index (χ1n) is 6.36. The Balaban J connectivity index is 2.73. The molecule has 0 aliphatic heterocycles. The van der Waals surface area contributed by atoms with Gasteiger partial charge in [0.25, 0.3) is 5.69 Å². The maximum Gasteiger partial charge on any atom is 0.271 e. The van der Waals surface area contributed by atoms with E-state index in [1.54, 1.807) is 6.92 Å². The molecule has 6 nitrogen and oxygen atoms in total. The van der Waals surface area contributed by atoms with Crippen molar-refractivity contribution in [1.29, 1.82) is 0 Å². The van der Waals surface area contributed by atoms with Gasteiger partial charge in [-0.1, -0.05) is 18.5 Å². The average Bonchev–Trinajstić information content (AvgIpc) is 2.40. The predicted molar refractivity (Wildman–Crippen MR) is 79.1 cm³/mol. The molecule has 2 N–H and O–H groups in total. The highest BCUT2D eigenvalue weighted by molar-refractivity contribution is 6.33. The highest BCUT2D eigenvalue weighted by atomic mass is 35.5. The molecule has 0 bridgehead atoms. The summed E-state index contributed by atoms with van der Waals surface area (Å²) in [5.41, 5.74) is 0.404. The lowest BCUT2D eigenvalue weighted by molar-refractivity contribution is -0.384. The number of carbonyl (C=O) groups is 1. The van der Waals surface area contributed by atoms with Crippen molar-refractivity contribution in [3.05, 3.63) is 33.3 Å². The Labute approximate surface area is 122 Å². The molecule has 0 aromatic heterocycles. The molecule has 0 aliphatic rings. The van der Waals surface area contributed by atoms with Gasteiger partial charge in [-0.25, -0.2) is 0 Å². The standard InChI is InChI=1S/C13H18ClN3O3/c1-4-8(2)15-13(18)9(3)16-12-6-5-10(17(19)20)7-11(12)14/h5-9,16H,4H2,1-3H3,(H,15,18). The molecule has 0 spiro atoms. The second kappa shape index (κ2) is 7.09. The number of anilines is 1. The fourth-order valence-corrected chi connectivity index (χ4v) is 1.73. The largest absolute Gasteiger partial charge is 0.373 e. The van der Waals surface area contributed by atoms with Gasteiger partial charge in [-0.2, -0.15) is 0 Å². The van der Waals surface area contributed by atoms with Gasteiger partial charge in [0.05, 0.1) is 15.6 Å². The normalized spacial score (nSPS) is 13.4. The lowest BCUT2D eigenvalue weighted by atomic mass is 10.2. The van der Waals surface area contributed by atoms with Crippen LogP contribution in [0.25, 0.3) is 0 Å². The van der Waals surface area contributed by atoms with Crippen molar-refractivity contribution in [2.75, 3.05) is 5.32 Å². The minimum Gasteiger partial charge on any atom is -0.373 e. The maximum absolute atomic E-state index is 11.9. The minimum atomic E-state index is -0.519. The van der Waals surface area contributed by atoms with Crippen molar-refractivity contribution in [3.63, 3.8) is 0 Å². The second-order valence-corrected chi connectivity index (χ2v) is 5.01. The molecule has 20 heavy (non-hydrogen) atoms. The number of rotatable bonds is 6. The van der Waals surface area contributed by atoms with Gasteiger partial charge < -0.3 is 10.6 Å². The summed E-state index contributed by atoms with van der Waals surface area (Å²) in [4.78, 5) is 22.0. The van der Waals surface area contributed by atoms with Crippen molar-refractivity contribution >= 4 is 28.9 Å². The van der Waals surface area contributed by atoms with E-state index < -0.39 is 11.0 Å². The van der Waals surface area contributed by atoms with E-state index in [1.165, 1.54) is 18.2 Å². The van der Waals surface area contributed by atoms with Crippen molar-refractivity contribution in [1.82, 2.24) is 5.32 Å². The highest BCUT2D eigenvalue weighted by Crippen LogP contribution is 2.27. The molecule has 2 unspecified atom stereocenters. The lowest BCUT2D eigenvalue weighted by Gasteiger charge is -2.18. The van der Waals surface area contributed by atoms with E-state index in [2.05, 4.69) is 10.6 Å². The first kappa shape index (κ1) is 16.2. The van der Waals surface area contributed by atoms with Gasteiger partial charge in [-0.05, 0) is 26.3 Å². The maximum atomic E-state index is 11.9. The molecule has 0 heterocycles. The molecule has 0 fully saturated rings. The molecule has 0 saturated carbocycles. The van der Waals surface area contributed by atoms with Crippen molar-refractivity contribution in [2.45, 2.75) is 39.3 Å². The van der Waals surface area contributed by atoms with Crippen molar-refractivity contribution < 1.29 is 9.72 Å². The number of carbonyl (C=O) groups excluding carboxylic acids is 1. The number of halogens is 1. The second-order valence-electron chi connectivity index (χ2n) is 4.61. The van der Waals surface area contributed by atoms with Crippen LogP contribution in [-0.4, -0.2) is 22.9 Å². The zero-order valence-electron chi connectivity index (χ0n) is 11.6. The molecular weight excluding hydrogens is 282 g/mol. The zero-order valence-corrected chi connectivity index (χ0v) is 12.4. The number of hydrogen-bond acceptors (Lipinski definition) is 4. The van der Waals surface area contributed by atoms with E-state index in [-0.39, 0.29) is 22.7 Å². The van der Waals surface area contributed by atoms with Crippen LogP contribution in [0, 0.1) is 10.1 Å². The number of nitro benzene ring substituents is 1. The molecule has 1 amide bonds. The molecule has 110 valence electrons. The van der Waals surface area contributed by atoms with Crippen LogP contribution in [0.5, 0.6) is 0 Å². The third-order valence-corrected chi connectivity index (χ3v) is 3.24. The Morgan fingerprint density at radius 1 is 1.45 bits per heavy atom. The lowest BCUT2D eigenvalue weighted by Crippen LogP contribution is -2.41. The quantitative estimate of drug-likeness (QED) is 0.625. The SMILES string of the molecule is CCC(C)NC(=O)C(C)Nc1ccc([N+](=O)[O-])cc1Cl. The minimum absolute atomic E-state index is 0.0859. The van der Waals surface area contributed by atoms with Crippen LogP contribution in [0.2, 0.25) is 5.02 Å². The Morgan fingerprint density at radius 3 is 2.60 bits per heavy atom. The molecule has 0 saturated heterocycles. The van der Waals surface area contributed by atoms with Gasteiger partial charge in [0.15, 0.2) is 0 Å². The van der Waals surface area contributed by atoms with Crippen LogP contribution in [-0.2, 0) is 4.79 Å². The number of hydrogen-bond donors (Lipinski definition) is 2. The van der Waals surface area contributed by atoms with Crippen LogP contribution in [0.4, 0.5) is 11.4 Å². The summed E-state index contributed by atoms with van der Waals surface area (Å²) in [5.74, 6) is -0.145. The van der Waals surface area contributed by atoms with Crippen molar-refractivity contribution in [3.8, 4) is 0 Å². The fourth-order valence-electron chi connectivity index (χ4n) is 1.50. The van der Waals surface area contributed by atoms with Crippen LogP contribution in [0.1, 0.15) is 27.2 Å². The Hall–Kier alpha value is -1.82. The number of nitrogens with zero attached hydrogens (tertiary/aromatic N) is 1. The number of amides is 1. The van der Waals surface area contributed by atoms with Crippen LogP contribution < -0.4 is 10.6 Å². The topological polar surface area (TPSA) is 84.3 Å². The van der Waals surface area contributed by atoms with E-state index >= 15 is 0 Å². The van der Waals surface area contributed by atoms with Gasteiger partial charge in [-0.3, -0.25) is 14.9 Å². The summed E-state index contributed by atoms with van der Waals surface area (Å²) in [6.45, 7) is 5.61. The van der Waals surface area contributed by atoms with Gasteiger partial charge in [-0.15, -0.1) is 0 Å². The first-order valence-corrected chi connectivity index (χ1v) is 6.73. The summed E-state index contributed by atoms with van der Waals surface area (Å²) in [5, 5.41) is 16.6. The van der Waals surface area contributed by atoms with Gasteiger partial charge >= 0.3 is 0 Å².